The molecule has 1 aromatic rings. The number of benzene rings is 1. The van der Waals surface area contributed by atoms with Gasteiger partial charge >= 0.3 is 0 Å². The topological polar surface area (TPSA) is 29.5 Å². The third-order valence-corrected chi connectivity index (χ3v) is 5.57. The number of rotatable bonds is 7. The van der Waals surface area contributed by atoms with Crippen molar-refractivity contribution in [2.24, 2.45) is 0 Å². The predicted molar refractivity (Wildman–Crippen MR) is 79.4 cm³/mol. The fourth-order valence-corrected chi connectivity index (χ4v) is 4.11. The van der Waals surface area contributed by atoms with E-state index in [1.54, 1.807) is 0 Å². The smallest absolute Gasteiger partial charge is 0.232 e. The van der Waals surface area contributed by atoms with Gasteiger partial charge in [-0.1, -0.05) is 13.3 Å². The predicted octanol–water partition coefficient (Wildman–Crippen LogP) is 3.49. The van der Waals surface area contributed by atoms with Crippen LogP contribution in [-0.4, -0.2) is 26.9 Å². The minimum absolute atomic E-state index is 0.496. The average molecular weight is 269 g/mol. The Hall–Kier alpha value is -0.790. The summed E-state index contributed by atoms with van der Waals surface area (Å²) >= 11 is 0. The normalized spacial score (nSPS) is 14.2. The first-order valence-corrected chi connectivity index (χ1v) is 8.36. The molecular formula is C14H24NO2P. The molecule has 0 spiro atoms. The second-order valence-electron chi connectivity index (χ2n) is 4.58. The van der Waals surface area contributed by atoms with Crippen LogP contribution in [0.3, 0.4) is 0 Å². The highest BCUT2D eigenvalue weighted by Gasteiger charge is 2.24. The molecule has 0 aliphatic heterocycles. The molecular weight excluding hydrogens is 245 g/mol. The van der Waals surface area contributed by atoms with Crippen molar-refractivity contribution in [1.29, 1.82) is 0 Å². The highest BCUT2D eigenvalue weighted by Crippen LogP contribution is 2.46. The molecule has 0 aromatic heterocycles. The zero-order valence-electron chi connectivity index (χ0n) is 11.8. The fraction of sp³-hybridized carbons (Fsp3) is 0.571. The van der Waals surface area contributed by atoms with Crippen LogP contribution in [0.15, 0.2) is 24.3 Å². The number of anilines is 1. The van der Waals surface area contributed by atoms with Crippen LogP contribution in [0.2, 0.25) is 0 Å². The zero-order valence-corrected chi connectivity index (χ0v) is 12.7. The van der Waals surface area contributed by atoms with Gasteiger partial charge in [-0.2, -0.15) is 0 Å². The van der Waals surface area contributed by atoms with E-state index >= 15 is 0 Å². The first kappa shape index (κ1) is 15.3. The molecule has 4 heteroatoms. The molecule has 1 aromatic carbocycles. The Kier molecular flexibility index (Phi) is 5.90. The van der Waals surface area contributed by atoms with Gasteiger partial charge < -0.3 is 9.42 Å². The van der Waals surface area contributed by atoms with E-state index in [4.69, 9.17) is 4.52 Å². The van der Waals surface area contributed by atoms with Crippen molar-refractivity contribution >= 4 is 18.4 Å². The highest BCUT2D eigenvalue weighted by atomic mass is 31.2. The van der Waals surface area contributed by atoms with E-state index in [2.05, 4.69) is 6.92 Å². The summed E-state index contributed by atoms with van der Waals surface area (Å²) in [5, 5.41) is 0.836. The molecule has 0 saturated heterocycles. The average Bonchev–Trinajstić information content (AvgIpc) is 2.37. The summed E-state index contributed by atoms with van der Waals surface area (Å²) in [6.07, 6.45) is 2.61. The lowest BCUT2D eigenvalue weighted by Gasteiger charge is -2.19. The molecule has 3 nitrogen and oxygen atoms in total. The lowest BCUT2D eigenvalue weighted by molar-refractivity contribution is 0.340. The van der Waals surface area contributed by atoms with Crippen molar-refractivity contribution in [3.8, 4) is 0 Å². The second kappa shape index (κ2) is 6.96. The molecule has 0 amide bonds. The first-order valence-electron chi connectivity index (χ1n) is 6.55. The van der Waals surface area contributed by atoms with Crippen molar-refractivity contribution in [3.05, 3.63) is 24.3 Å². The van der Waals surface area contributed by atoms with Crippen molar-refractivity contribution in [2.45, 2.75) is 26.7 Å². The number of hydrogen-bond acceptors (Lipinski definition) is 3. The Morgan fingerprint density at radius 3 is 2.22 bits per heavy atom. The molecule has 0 N–H and O–H groups in total. The van der Waals surface area contributed by atoms with Gasteiger partial charge in [-0.05, 0) is 37.6 Å². The Labute approximate surface area is 111 Å². The summed E-state index contributed by atoms with van der Waals surface area (Å²) in [7, 11) is 1.33. The molecule has 0 aliphatic carbocycles. The van der Waals surface area contributed by atoms with Gasteiger partial charge in [-0.15, -0.1) is 0 Å². The molecule has 1 unspecified atom stereocenters. The zero-order chi connectivity index (χ0) is 13.6. The molecule has 1 rings (SSSR count). The first-order chi connectivity index (χ1) is 8.53. The van der Waals surface area contributed by atoms with Gasteiger partial charge in [-0.25, -0.2) is 0 Å². The standard InChI is InChI=1S/C14H24NO2P/c1-5-7-12-18(16,17-6-2)14-10-8-13(9-11-14)15(3)4/h8-11H,5-7,12H2,1-4H3. The van der Waals surface area contributed by atoms with E-state index in [1.165, 1.54) is 0 Å². The van der Waals surface area contributed by atoms with Gasteiger partial charge in [0.05, 0.1) is 6.61 Å². The summed E-state index contributed by atoms with van der Waals surface area (Å²) in [6, 6.07) is 7.85. The van der Waals surface area contributed by atoms with E-state index < -0.39 is 7.37 Å². The minimum atomic E-state index is -2.66. The Morgan fingerprint density at radius 1 is 1.17 bits per heavy atom. The maximum Gasteiger partial charge on any atom is 0.232 e. The van der Waals surface area contributed by atoms with Gasteiger partial charge in [0.15, 0.2) is 0 Å². The summed E-state index contributed by atoms with van der Waals surface area (Å²) in [5.74, 6) is 0. The molecule has 102 valence electrons. The quantitative estimate of drug-likeness (QED) is 0.710. The number of hydrogen-bond donors (Lipinski definition) is 0. The largest absolute Gasteiger partial charge is 0.378 e. The van der Waals surface area contributed by atoms with Crippen LogP contribution in [0, 0.1) is 0 Å². The Morgan fingerprint density at radius 2 is 1.78 bits per heavy atom. The van der Waals surface area contributed by atoms with Gasteiger partial charge in [0.25, 0.3) is 0 Å². The Balaban J connectivity index is 2.95. The second-order valence-corrected chi connectivity index (χ2v) is 7.15. The Bertz CT molecular complexity index is 401. The van der Waals surface area contributed by atoms with E-state index in [1.807, 2.05) is 50.2 Å². The third kappa shape index (κ3) is 3.86. The molecule has 0 aliphatic rings. The van der Waals surface area contributed by atoms with Crippen molar-refractivity contribution in [3.63, 3.8) is 0 Å². The van der Waals surface area contributed by atoms with E-state index in [9.17, 15) is 4.57 Å². The van der Waals surface area contributed by atoms with Crippen LogP contribution in [0.5, 0.6) is 0 Å². The van der Waals surface area contributed by atoms with E-state index in [0.29, 0.717) is 12.8 Å². The summed E-state index contributed by atoms with van der Waals surface area (Å²) in [4.78, 5) is 2.03. The van der Waals surface area contributed by atoms with Crippen LogP contribution in [0.25, 0.3) is 0 Å². The number of nitrogens with zero attached hydrogens (tertiary/aromatic N) is 1. The van der Waals surface area contributed by atoms with Crippen LogP contribution >= 0.6 is 7.37 Å². The summed E-state index contributed by atoms with van der Waals surface area (Å²) < 4.78 is 18.4. The summed E-state index contributed by atoms with van der Waals surface area (Å²) in [5.41, 5.74) is 1.11. The maximum atomic E-state index is 12.8. The molecule has 0 saturated carbocycles. The van der Waals surface area contributed by atoms with E-state index in [-0.39, 0.29) is 0 Å². The van der Waals surface area contributed by atoms with Crippen LogP contribution in [0.1, 0.15) is 26.7 Å². The lowest BCUT2D eigenvalue weighted by atomic mass is 10.3. The van der Waals surface area contributed by atoms with Gasteiger partial charge in [-0.3, -0.25) is 4.57 Å². The lowest BCUT2D eigenvalue weighted by Crippen LogP contribution is -2.13. The SMILES string of the molecule is CCCCP(=O)(OCC)c1ccc(N(C)C)cc1. The van der Waals surface area contributed by atoms with Crippen LogP contribution in [0.4, 0.5) is 5.69 Å². The maximum absolute atomic E-state index is 12.8. The summed E-state index contributed by atoms with van der Waals surface area (Å²) in [6.45, 7) is 4.49. The highest BCUT2D eigenvalue weighted by molar-refractivity contribution is 7.67. The molecule has 0 fully saturated rings. The third-order valence-electron chi connectivity index (χ3n) is 2.90. The monoisotopic (exact) mass is 269 g/mol. The molecule has 0 radical (unpaired) electrons. The van der Waals surface area contributed by atoms with E-state index in [0.717, 1.165) is 23.8 Å². The number of unbranched alkanes of at least 4 members (excludes halogenated alkanes) is 1. The molecule has 1 atom stereocenters. The van der Waals surface area contributed by atoms with Crippen LogP contribution in [-0.2, 0) is 9.09 Å². The van der Waals surface area contributed by atoms with Crippen molar-refractivity contribution in [2.75, 3.05) is 31.8 Å². The van der Waals surface area contributed by atoms with Crippen LogP contribution < -0.4 is 10.2 Å². The fourth-order valence-electron chi connectivity index (χ4n) is 1.82. The van der Waals surface area contributed by atoms with Crippen molar-refractivity contribution in [1.82, 2.24) is 0 Å². The van der Waals surface area contributed by atoms with Gasteiger partial charge in [0.2, 0.25) is 7.37 Å². The van der Waals surface area contributed by atoms with Gasteiger partial charge in [0.1, 0.15) is 0 Å². The molecule has 18 heavy (non-hydrogen) atoms. The molecule has 0 heterocycles. The van der Waals surface area contributed by atoms with Gasteiger partial charge in [0, 0.05) is 31.2 Å². The molecule has 0 bridgehead atoms. The minimum Gasteiger partial charge on any atom is -0.378 e. The van der Waals surface area contributed by atoms with Crippen molar-refractivity contribution < 1.29 is 9.09 Å².